The summed E-state index contributed by atoms with van der Waals surface area (Å²) in [6.45, 7) is 2.39. The molecule has 0 bridgehead atoms. The second-order valence-corrected chi connectivity index (χ2v) is 6.12. The molecule has 2 rings (SSSR count). The van der Waals surface area contributed by atoms with Crippen molar-refractivity contribution in [2.45, 2.75) is 50.8 Å². The predicted molar refractivity (Wildman–Crippen MR) is 75.4 cm³/mol. The van der Waals surface area contributed by atoms with Crippen molar-refractivity contribution in [2.24, 2.45) is 11.8 Å². The number of hydrogen-bond acceptors (Lipinski definition) is 0. The van der Waals surface area contributed by atoms with Crippen LogP contribution in [-0.2, 0) is 0 Å². The molecule has 0 saturated heterocycles. The zero-order chi connectivity index (χ0) is 12.1. The molecular weight excluding hydrogens is 228 g/mol. The summed E-state index contributed by atoms with van der Waals surface area (Å²) in [5.41, 5.74) is 1.28. The van der Waals surface area contributed by atoms with Crippen LogP contribution in [0.15, 0.2) is 30.3 Å². The van der Waals surface area contributed by atoms with E-state index in [4.69, 9.17) is 11.6 Å². The fourth-order valence-electron chi connectivity index (χ4n) is 3.03. The largest absolute Gasteiger partial charge is 0.118 e. The molecule has 1 aromatic rings. The molecule has 3 atom stereocenters. The van der Waals surface area contributed by atoms with Crippen LogP contribution in [0.2, 0.25) is 0 Å². The summed E-state index contributed by atoms with van der Waals surface area (Å²) in [5.74, 6) is 1.85. The number of rotatable bonds is 4. The predicted octanol–water partition coefficient (Wildman–Crippen LogP) is 5.57. The van der Waals surface area contributed by atoms with Crippen LogP contribution in [0.5, 0.6) is 0 Å². The quantitative estimate of drug-likeness (QED) is 0.613. The van der Waals surface area contributed by atoms with E-state index in [1.165, 1.54) is 37.7 Å². The van der Waals surface area contributed by atoms with E-state index >= 15 is 0 Å². The van der Waals surface area contributed by atoms with Gasteiger partial charge in [-0.2, -0.15) is 0 Å². The van der Waals surface area contributed by atoms with E-state index in [9.17, 15) is 0 Å². The zero-order valence-electron chi connectivity index (χ0n) is 10.7. The van der Waals surface area contributed by atoms with Gasteiger partial charge in [-0.15, -0.1) is 11.6 Å². The first-order chi connectivity index (χ1) is 8.25. The highest BCUT2D eigenvalue weighted by atomic mass is 35.5. The molecular formula is C16H23Cl. The van der Waals surface area contributed by atoms with E-state index in [1.807, 2.05) is 0 Å². The van der Waals surface area contributed by atoms with Crippen molar-refractivity contribution in [1.82, 2.24) is 0 Å². The number of halogens is 1. The molecule has 17 heavy (non-hydrogen) atoms. The summed E-state index contributed by atoms with van der Waals surface area (Å²) in [4.78, 5) is 0. The Morgan fingerprint density at radius 3 is 2.71 bits per heavy atom. The fraction of sp³-hybridized carbons (Fsp3) is 0.625. The van der Waals surface area contributed by atoms with Crippen LogP contribution in [0.3, 0.4) is 0 Å². The SMILES string of the molecule is CC1CCCC(CCC(Cl)c2ccccc2)C1. The molecule has 1 aliphatic rings. The van der Waals surface area contributed by atoms with Crippen LogP contribution in [0.4, 0.5) is 0 Å². The van der Waals surface area contributed by atoms with Gasteiger partial charge in [0.25, 0.3) is 0 Å². The number of alkyl halides is 1. The molecule has 1 fully saturated rings. The second kappa shape index (κ2) is 6.44. The average Bonchev–Trinajstić information content (AvgIpc) is 2.37. The van der Waals surface area contributed by atoms with Crippen molar-refractivity contribution < 1.29 is 0 Å². The number of hydrogen-bond donors (Lipinski definition) is 0. The molecule has 0 heterocycles. The minimum Gasteiger partial charge on any atom is -0.118 e. The third-order valence-corrected chi connectivity index (χ3v) is 4.50. The Morgan fingerprint density at radius 2 is 2.00 bits per heavy atom. The Labute approximate surface area is 110 Å². The minimum absolute atomic E-state index is 0.202. The molecule has 0 radical (unpaired) electrons. The average molecular weight is 251 g/mol. The molecule has 94 valence electrons. The van der Waals surface area contributed by atoms with E-state index < -0.39 is 0 Å². The molecule has 3 unspecified atom stereocenters. The maximum Gasteiger partial charge on any atom is 0.0585 e. The molecule has 0 nitrogen and oxygen atoms in total. The molecule has 1 heteroatoms. The van der Waals surface area contributed by atoms with Crippen LogP contribution in [0.1, 0.15) is 56.4 Å². The molecule has 0 aliphatic heterocycles. The van der Waals surface area contributed by atoms with Gasteiger partial charge in [0, 0.05) is 0 Å². The minimum atomic E-state index is 0.202. The van der Waals surface area contributed by atoms with Crippen LogP contribution in [0.25, 0.3) is 0 Å². The normalized spacial score (nSPS) is 26.7. The summed E-state index contributed by atoms with van der Waals surface area (Å²) < 4.78 is 0. The molecule has 0 amide bonds. The molecule has 0 aromatic heterocycles. The topological polar surface area (TPSA) is 0 Å². The van der Waals surface area contributed by atoms with E-state index in [1.54, 1.807) is 0 Å². The summed E-state index contributed by atoms with van der Waals surface area (Å²) in [6, 6.07) is 10.5. The van der Waals surface area contributed by atoms with Crippen LogP contribution < -0.4 is 0 Å². The Balaban J connectivity index is 1.78. The smallest absolute Gasteiger partial charge is 0.0585 e. The zero-order valence-corrected chi connectivity index (χ0v) is 11.5. The highest BCUT2D eigenvalue weighted by Crippen LogP contribution is 2.35. The van der Waals surface area contributed by atoms with Gasteiger partial charge in [0.2, 0.25) is 0 Å². The lowest BCUT2D eigenvalue weighted by molar-refractivity contribution is 0.265. The van der Waals surface area contributed by atoms with Crippen molar-refractivity contribution in [3.63, 3.8) is 0 Å². The van der Waals surface area contributed by atoms with Gasteiger partial charge in [-0.3, -0.25) is 0 Å². The lowest BCUT2D eigenvalue weighted by Crippen LogP contribution is -2.13. The Morgan fingerprint density at radius 1 is 1.24 bits per heavy atom. The third kappa shape index (κ3) is 4.03. The second-order valence-electron chi connectivity index (χ2n) is 5.59. The first-order valence-electron chi connectivity index (χ1n) is 6.94. The number of benzene rings is 1. The van der Waals surface area contributed by atoms with Crippen LogP contribution in [-0.4, -0.2) is 0 Å². The van der Waals surface area contributed by atoms with Gasteiger partial charge >= 0.3 is 0 Å². The fourth-order valence-corrected chi connectivity index (χ4v) is 3.30. The first kappa shape index (κ1) is 13.0. The van der Waals surface area contributed by atoms with Crippen LogP contribution >= 0.6 is 11.6 Å². The van der Waals surface area contributed by atoms with E-state index in [0.29, 0.717) is 0 Å². The highest BCUT2D eigenvalue weighted by molar-refractivity contribution is 6.20. The highest BCUT2D eigenvalue weighted by Gasteiger charge is 2.19. The Bertz CT molecular complexity index is 320. The molecule has 1 saturated carbocycles. The van der Waals surface area contributed by atoms with Gasteiger partial charge in [0.1, 0.15) is 0 Å². The molecule has 0 spiro atoms. The van der Waals surface area contributed by atoms with Crippen molar-refractivity contribution in [3.05, 3.63) is 35.9 Å². The molecule has 1 aromatic carbocycles. The van der Waals surface area contributed by atoms with Gasteiger partial charge in [-0.05, 0) is 36.7 Å². The van der Waals surface area contributed by atoms with Gasteiger partial charge in [0.15, 0.2) is 0 Å². The summed E-state index contributed by atoms with van der Waals surface area (Å²) in [5, 5.41) is 0.202. The Hall–Kier alpha value is -0.490. The van der Waals surface area contributed by atoms with Crippen molar-refractivity contribution in [3.8, 4) is 0 Å². The van der Waals surface area contributed by atoms with Gasteiger partial charge in [-0.1, -0.05) is 56.5 Å². The van der Waals surface area contributed by atoms with E-state index in [-0.39, 0.29) is 5.38 Å². The monoisotopic (exact) mass is 250 g/mol. The molecule has 1 aliphatic carbocycles. The van der Waals surface area contributed by atoms with Crippen molar-refractivity contribution >= 4 is 11.6 Å². The maximum absolute atomic E-state index is 6.46. The van der Waals surface area contributed by atoms with Crippen molar-refractivity contribution in [1.29, 1.82) is 0 Å². The first-order valence-corrected chi connectivity index (χ1v) is 7.38. The maximum atomic E-state index is 6.46. The third-order valence-electron chi connectivity index (χ3n) is 4.03. The van der Waals surface area contributed by atoms with Gasteiger partial charge in [0.05, 0.1) is 5.38 Å². The molecule has 0 N–H and O–H groups in total. The van der Waals surface area contributed by atoms with Crippen molar-refractivity contribution in [2.75, 3.05) is 0 Å². The standard InChI is InChI=1S/C16H23Cl/c1-13-6-5-7-14(12-13)10-11-16(17)15-8-3-2-4-9-15/h2-4,8-9,13-14,16H,5-7,10-12H2,1H3. The van der Waals surface area contributed by atoms with Gasteiger partial charge < -0.3 is 0 Å². The van der Waals surface area contributed by atoms with Crippen LogP contribution in [0, 0.1) is 11.8 Å². The van der Waals surface area contributed by atoms with Gasteiger partial charge in [-0.25, -0.2) is 0 Å². The Kier molecular flexibility index (Phi) is 4.91. The lowest BCUT2D eigenvalue weighted by atomic mass is 9.80. The summed E-state index contributed by atoms with van der Waals surface area (Å²) >= 11 is 6.46. The van der Waals surface area contributed by atoms with E-state index in [0.717, 1.165) is 18.3 Å². The van der Waals surface area contributed by atoms with E-state index in [2.05, 4.69) is 37.3 Å². The summed E-state index contributed by atoms with van der Waals surface area (Å²) in [7, 11) is 0. The lowest BCUT2D eigenvalue weighted by Gasteiger charge is -2.27. The summed E-state index contributed by atoms with van der Waals surface area (Å²) in [6.07, 6.45) is 8.11.